The lowest BCUT2D eigenvalue weighted by atomic mass is 10.0. The molecule has 0 saturated carbocycles. The molecular weight excluding hydrogens is 510 g/mol. The number of halogens is 1. The highest BCUT2D eigenvalue weighted by molar-refractivity contribution is 7.98. The van der Waals surface area contributed by atoms with Gasteiger partial charge in [0.05, 0.1) is 11.8 Å². The van der Waals surface area contributed by atoms with Crippen LogP contribution >= 0.6 is 34.9 Å². The number of nitrogens with zero attached hydrogens (tertiary/aromatic N) is 1. The summed E-state index contributed by atoms with van der Waals surface area (Å²) in [4.78, 5) is 17.9. The average molecular weight is 544 g/mol. The number of nitrogens with one attached hydrogen (secondary N) is 2. The Bertz CT molecular complexity index is 1290. The van der Waals surface area contributed by atoms with Crippen LogP contribution in [0.2, 0.25) is 5.02 Å². The molecule has 1 atom stereocenters. The second-order valence-corrected chi connectivity index (χ2v) is 13.5. The minimum atomic E-state index is -0.590. The van der Waals surface area contributed by atoms with Gasteiger partial charge in [-0.2, -0.15) is 0 Å². The maximum absolute atomic E-state index is 12.4. The van der Waals surface area contributed by atoms with Gasteiger partial charge in [-0.15, -0.1) is 11.3 Å². The number of fused-ring (bicyclic) bond motifs is 1. The number of allylic oxidation sites excluding steroid dienone is 1. The number of hydrogen-bond donors (Lipinski definition) is 2. The third kappa shape index (κ3) is 7.35. The van der Waals surface area contributed by atoms with E-state index in [1.165, 1.54) is 0 Å². The zero-order valence-electron chi connectivity index (χ0n) is 21.9. The summed E-state index contributed by atoms with van der Waals surface area (Å²) in [5.74, 6) is 0. The van der Waals surface area contributed by atoms with Crippen LogP contribution in [0.3, 0.4) is 0 Å². The highest BCUT2D eigenvalue weighted by Crippen LogP contribution is 2.40. The van der Waals surface area contributed by atoms with Crippen LogP contribution in [0.15, 0.2) is 60.1 Å². The van der Waals surface area contributed by atoms with E-state index >= 15 is 0 Å². The molecule has 0 radical (unpaired) electrons. The van der Waals surface area contributed by atoms with Crippen molar-refractivity contribution in [3.05, 3.63) is 76.1 Å². The number of carbonyl (C=O) groups excluding carboxylic acids is 1. The van der Waals surface area contributed by atoms with Crippen molar-refractivity contribution >= 4 is 62.5 Å². The summed E-state index contributed by atoms with van der Waals surface area (Å²) in [7, 11) is 1.78. The van der Waals surface area contributed by atoms with Gasteiger partial charge < -0.3 is 4.74 Å². The number of amides is 1. The molecule has 1 unspecified atom stereocenters. The Labute approximate surface area is 227 Å². The van der Waals surface area contributed by atoms with E-state index in [2.05, 4.69) is 60.6 Å². The minimum Gasteiger partial charge on any atom is -0.444 e. The third-order valence-corrected chi connectivity index (χ3v) is 7.55. The van der Waals surface area contributed by atoms with E-state index in [1.54, 1.807) is 48.5 Å². The van der Waals surface area contributed by atoms with E-state index in [-0.39, 0.29) is 10.8 Å². The van der Waals surface area contributed by atoms with Crippen molar-refractivity contribution in [1.82, 2.24) is 4.72 Å². The molecule has 0 bridgehead atoms. The first-order chi connectivity index (χ1) is 16.8. The van der Waals surface area contributed by atoms with Crippen LogP contribution in [0, 0.1) is 0 Å². The van der Waals surface area contributed by atoms with E-state index in [1.807, 2.05) is 32.9 Å². The second-order valence-electron chi connectivity index (χ2n) is 10.3. The molecule has 0 aliphatic heterocycles. The first-order valence-corrected chi connectivity index (χ1v) is 13.7. The molecule has 0 saturated heterocycles. The smallest absolute Gasteiger partial charge is 0.412 e. The fourth-order valence-electron chi connectivity index (χ4n) is 3.52. The quantitative estimate of drug-likeness (QED) is 0.231. The summed E-state index contributed by atoms with van der Waals surface area (Å²) in [6, 6.07) is 13.7. The highest BCUT2D eigenvalue weighted by Gasteiger charge is 2.24. The Morgan fingerprint density at radius 2 is 1.89 bits per heavy atom. The fraction of sp³-hybridized carbons (Fsp3) is 0.357. The van der Waals surface area contributed by atoms with Crippen LogP contribution in [-0.2, 0) is 4.74 Å². The lowest BCUT2D eigenvalue weighted by Gasteiger charge is -2.25. The molecule has 5 nitrogen and oxygen atoms in total. The Morgan fingerprint density at radius 3 is 2.50 bits per heavy atom. The Balaban J connectivity index is 2.08. The summed E-state index contributed by atoms with van der Waals surface area (Å²) >= 11 is 10.1. The molecule has 36 heavy (non-hydrogen) atoms. The molecule has 8 heteroatoms. The number of thiophene rings is 1. The van der Waals surface area contributed by atoms with Crippen molar-refractivity contribution in [2.75, 3.05) is 12.4 Å². The molecule has 0 aliphatic carbocycles. The summed E-state index contributed by atoms with van der Waals surface area (Å²) in [5.41, 5.74) is 2.79. The summed E-state index contributed by atoms with van der Waals surface area (Å²) in [6.07, 6.45) is 1.27. The number of ether oxygens (including phenoxy) is 1. The van der Waals surface area contributed by atoms with Crippen molar-refractivity contribution < 1.29 is 9.53 Å². The van der Waals surface area contributed by atoms with Crippen LogP contribution in [-0.4, -0.2) is 29.2 Å². The van der Waals surface area contributed by atoms with Gasteiger partial charge in [0.2, 0.25) is 0 Å². The molecule has 0 spiro atoms. The van der Waals surface area contributed by atoms with Gasteiger partial charge in [-0.1, -0.05) is 48.3 Å². The van der Waals surface area contributed by atoms with E-state index < -0.39 is 11.7 Å². The van der Waals surface area contributed by atoms with Crippen molar-refractivity contribution in [3.63, 3.8) is 0 Å². The molecule has 0 fully saturated rings. The number of carbonyl (C=O) groups is 1. The zero-order chi connectivity index (χ0) is 26.7. The van der Waals surface area contributed by atoms with E-state index in [9.17, 15) is 4.79 Å². The van der Waals surface area contributed by atoms with Gasteiger partial charge in [-0.25, -0.2) is 4.79 Å². The highest BCUT2D eigenvalue weighted by atomic mass is 35.5. The zero-order valence-corrected chi connectivity index (χ0v) is 24.3. The first kappa shape index (κ1) is 28.3. The number of benzene rings is 2. The normalized spacial score (nSPS) is 13.5. The Hall–Kier alpha value is -2.32. The van der Waals surface area contributed by atoms with Gasteiger partial charge in [0.25, 0.3) is 0 Å². The fourth-order valence-corrected chi connectivity index (χ4v) is 5.80. The lowest BCUT2D eigenvalue weighted by molar-refractivity contribution is 0.0636. The Kier molecular flexibility index (Phi) is 8.93. The summed E-state index contributed by atoms with van der Waals surface area (Å²) in [6.45, 7) is 15.9. The third-order valence-electron chi connectivity index (χ3n) is 4.99. The van der Waals surface area contributed by atoms with Crippen LogP contribution < -0.4 is 10.0 Å². The molecule has 3 aromatic rings. The molecule has 3 rings (SSSR count). The number of anilines is 1. The van der Waals surface area contributed by atoms with E-state index in [0.29, 0.717) is 10.7 Å². The predicted octanol–water partition coefficient (Wildman–Crippen LogP) is 8.63. The van der Waals surface area contributed by atoms with Crippen LogP contribution in [0.4, 0.5) is 10.5 Å². The summed E-state index contributed by atoms with van der Waals surface area (Å²) in [5, 5.41) is 4.57. The van der Waals surface area contributed by atoms with Crippen LogP contribution in [0.1, 0.15) is 63.6 Å². The summed E-state index contributed by atoms with van der Waals surface area (Å²) < 4.78 is 10.2. The van der Waals surface area contributed by atoms with Gasteiger partial charge in [-0.05, 0) is 82.8 Å². The molecule has 2 aromatic carbocycles. The van der Waals surface area contributed by atoms with Crippen LogP contribution in [0.5, 0.6) is 0 Å². The number of aliphatic imine (C=N–C) groups is 1. The van der Waals surface area contributed by atoms with Gasteiger partial charge >= 0.3 is 6.09 Å². The largest absolute Gasteiger partial charge is 0.444 e. The van der Waals surface area contributed by atoms with Crippen LogP contribution in [0.25, 0.3) is 10.1 Å². The Morgan fingerprint density at radius 1 is 1.17 bits per heavy atom. The van der Waals surface area contributed by atoms with Gasteiger partial charge in [0.1, 0.15) is 5.60 Å². The molecule has 1 heterocycles. The maximum Gasteiger partial charge on any atom is 0.412 e. The van der Waals surface area contributed by atoms with Gasteiger partial charge in [-0.3, -0.25) is 15.0 Å². The van der Waals surface area contributed by atoms with E-state index in [0.717, 1.165) is 31.8 Å². The standard InChI is InChI=1S/C28H34ClN3O2S2/c1-9-22(30-8)19-12-10-11-17-15-23(35-25(17)19)24(32-36-28(5,6)7)20-16-18(13-14-21(20)29)31-26(33)34-27(2,3)4/h9-16,24,32H,1H2,2-8H3,(H,31,33). The molecule has 1 amide bonds. The second kappa shape index (κ2) is 11.4. The van der Waals surface area contributed by atoms with Crippen molar-refractivity contribution in [3.8, 4) is 0 Å². The number of hydrogen-bond acceptors (Lipinski definition) is 6. The van der Waals surface area contributed by atoms with Crippen molar-refractivity contribution in [2.45, 2.75) is 57.9 Å². The van der Waals surface area contributed by atoms with Crippen molar-refractivity contribution in [1.29, 1.82) is 0 Å². The molecule has 1 aromatic heterocycles. The van der Waals surface area contributed by atoms with Gasteiger partial charge in [0.15, 0.2) is 0 Å². The minimum absolute atomic E-state index is 0.0240. The predicted molar refractivity (Wildman–Crippen MR) is 158 cm³/mol. The van der Waals surface area contributed by atoms with Gasteiger partial charge in [0, 0.05) is 37.6 Å². The first-order valence-electron chi connectivity index (χ1n) is 11.7. The molecular formula is C28H34ClN3O2S2. The van der Waals surface area contributed by atoms with E-state index in [4.69, 9.17) is 16.3 Å². The maximum atomic E-state index is 12.4. The average Bonchev–Trinajstić information content (AvgIpc) is 3.19. The molecule has 0 aliphatic rings. The molecule has 192 valence electrons. The lowest BCUT2D eigenvalue weighted by Crippen LogP contribution is -2.27. The SMILES string of the molecule is C=CC(=NC)c1cccc2cc(C(NSC(C)(C)C)c3cc(NC(=O)OC(C)(C)C)ccc3Cl)sc12. The molecule has 2 N–H and O–H groups in total. The van der Waals surface area contributed by atoms with Crippen molar-refractivity contribution in [2.24, 2.45) is 4.99 Å². The number of rotatable bonds is 7. The topological polar surface area (TPSA) is 62.7 Å². The monoisotopic (exact) mass is 543 g/mol.